The van der Waals surface area contributed by atoms with Crippen LogP contribution in [0.3, 0.4) is 0 Å². The molecule has 1 fully saturated rings. The van der Waals surface area contributed by atoms with Gasteiger partial charge in [0.1, 0.15) is 23.6 Å². The summed E-state index contributed by atoms with van der Waals surface area (Å²) < 4.78 is 0. The summed E-state index contributed by atoms with van der Waals surface area (Å²) in [6.07, 6.45) is -0.0322. The van der Waals surface area contributed by atoms with Gasteiger partial charge in [0.15, 0.2) is 11.6 Å². The second-order valence-corrected chi connectivity index (χ2v) is 21.9. The number of aromatic hydroxyl groups is 1. The maximum Gasteiger partial charge on any atom is 0.307 e. The molecule has 0 saturated carbocycles. The molecule has 1 heterocycles. The number of carboxylic acid groups (broad SMARTS) is 1. The molecule has 396 valence electrons. The molecule has 10 N–H and O–H groups in total. The Morgan fingerprint density at radius 1 is 0.622 bits per heavy atom. The normalized spacial score (nSPS) is 21.6. The first-order valence-corrected chi connectivity index (χ1v) is 27.6. The Kier molecular flexibility index (Phi) is 23.4. The molecule has 0 aromatic heterocycles. The topological polar surface area (TPSA) is 277 Å². The Hall–Kier alpha value is -6.34. The van der Waals surface area contributed by atoms with Crippen LogP contribution in [-0.2, 0) is 57.6 Å². The summed E-state index contributed by atoms with van der Waals surface area (Å²) in [4.78, 5) is 113. The number of rotatable bonds is 19. The lowest BCUT2D eigenvalue weighted by Crippen LogP contribution is -2.57. The number of benzene rings is 4. The molecule has 8 atom stereocenters. The van der Waals surface area contributed by atoms with E-state index in [1.54, 1.807) is 38.1 Å². The molecule has 0 spiro atoms. The highest BCUT2D eigenvalue weighted by Crippen LogP contribution is 2.29. The average molecular weight is 1050 g/mol. The van der Waals surface area contributed by atoms with Gasteiger partial charge in [-0.2, -0.15) is 0 Å². The summed E-state index contributed by atoms with van der Waals surface area (Å²) in [5.74, 6) is -9.09. The van der Waals surface area contributed by atoms with Gasteiger partial charge in [-0.3, -0.25) is 38.4 Å². The molecule has 0 bridgehead atoms. The van der Waals surface area contributed by atoms with Crippen molar-refractivity contribution in [2.45, 2.75) is 109 Å². The number of aliphatic carboxylic acids is 1. The predicted molar refractivity (Wildman–Crippen MR) is 289 cm³/mol. The number of carboxylic acids is 1. The molecule has 1 saturated heterocycles. The fourth-order valence-electron chi connectivity index (χ4n) is 8.53. The molecule has 4 amide bonds. The minimum absolute atomic E-state index is 0.00883. The lowest BCUT2D eigenvalue weighted by molar-refractivity contribution is -0.145. The number of nitrogens with two attached hydrogens (primary N) is 2. The lowest BCUT2D eigenvalue weighted by Gasteiger charge is -2.28. The number of unbranched alkanes of at least 4 members (excludes halogenated alkanes) is 1. The Labute approximate surface area is 441 Å². The molecule has 1 aliphatic heterocycles. The number of ketones is 3. The van der Waals surface area contributed by atoms with Crippen molar-refractivity contribution in [3.8, 4) is 16.9 Å². The average Bonchev–Trinajstić information content (AvgIpc) is 3.38. The van der Waals surface area contributed by atoms with Crippen molar-refractivity contribution in [1.82, 2.24) is 21.3 Å². The molecule has 1 aliphatic rings. The van der Waals surface area contributed by atoms with Crippen LogP contribution in [0.2, 0.25) is 0 Å². The number of amides is 4. The van der Waals surface area contributed by atoms with E-state index in [9.17, 15) is 48.6 Å². The zero-order valence-corrected chi connectivity index (χ0v) is 43.8. The summed E-state index contributed by atoms with van der Waals surface area (Å²) in [5, 5.41) is 31.5. The van der Waals surface area contributed by atoms with Crippen molar-refractivity contribution < 1.29 is 48.6 Å². The number of phenols is 1. The Bertz CT molecular complexity index is 2510. The first-order chi connectivity index (χ1) is 35.4. The second-order valence-electron chi connectivity index (χ2n) is 19.3. The van der Waals surface area contributed by atoms with Crippen molar-refractivity contribution in [1.29, 1.82) is 0 Å². The standard InChI is InChI=1S/C56H70N6O10S2/c1-34(2)44(56(71)72)31-51(66)48-33-74-73-32-42(30-49(64)35(3)58)53(68)60-46(27-36-12-6-4-7-13-36)50(65)29-41(26-37-17-21-40(22-18-37)39-14-8-5-9-15-39)52(67)59-45(16-10-11-25-57)54(69)61-47(55(70)62-48)28-38-19-23-43(63)24-20-38/h4-9,12-15,17-24,34-35,41-42,44-48,63H,10-11,16,25-33,57-58H2,1-3H3,(H,59,67)(H,60,68)(H,61,69)(H,62,70)(H,71,72)/t35-,41+,42-,44-,45-,46-,47-,48-/m0/s1. The number of carbonyl (C=O) groups excluding carboxylic acids is 7. The van der Waals surface area contributed by atoms with Crippen LogP contribution < -0.4 is 32.7 Å². The van der Waals surface area contributed by atoms with Crippen LogP contribution in [0.1, 0.15) is 76.0 Å². The van der Waals surface area contributed by atoms with E-state index in [0.29, 0.717) is 24.9 Å². The van der Waals surface area contributed by atoms with E-state index in [1.165, 1.54) is 19.1 Å². The van der Waals surface area contributed by atoms with Gasteiger partial charge in [-0.05, 0) is 91.4 Å². The van der Waals surface area contributed by atoms with Crippen molar-refractivity contribution >= 4 is 68.5 Å². The van der Waals surface area contributed by atoms with Crippen molar-refractivity contribution in [2.75, 3.05) is 18.1 Å². The zero-order chi connectivity index (χ0) is 53.7. The Morgan fingerprint density at radius 2 is 1.15 bits per heavy atom. The first-order valence-electron chi connectivity index (χ1n) is 25.1. The smallest absolute Gasteiger partial charge is 0.307 e. The van der Waals surface area contributed by atoms with Gasteiger partial charge in [-0.15, -0.1) is 0 Å². The minimum Gasteiger partial charge on any atom is -0.508 e. The molecule has 4 aromatic carbocycles. The Balaban J connectivity index is 1.60. The SMILES string of the molecule is CC(C)[C@H](CC(=O)[C@@H]1CSSC[C@H](CC(=O)[C@H](C)N)C(=O)N[C@@H](Cc2ccccc2)C(=O)C[C@@H](Cc2ccc(-c3ccccc3)cc2)C(=O)N[C@@H](CCCCN)C(=O)N[C@@H](Cc2ccc(O)cc2)C(=O)N1)C(=O)O. The van der Waals surface area contributed by atoms with E-state index in [4.69, 9.17) is 11.5 Å². The number of Topliss-reactive ketones (excluding diaryl/α,β-unsaturated/α-hetero) is 3. The molecular formula is C56H70N6O10S2. The van der Waals surface area contributed by atoms with Crippen LogP contribution in [0, 0.1) is 23.7 Å². The van der Waals surface area contributed by atoms with Gasteiger partial charge in [0, 0.05) is 43.1 Å². The minimum atomic E-state index is -1.35. The number of hydrogen-bond donors (Lipinski definition) is 8. The van der Waals surface area contributed by atoms with Crippen LogP contribution in [0.5, 0.6) is 5.75 Å². The van der Waals surface area contributed by atoms with Gasteiger partial charge in [0.2, 0.25) is 23.6 Å². The van der Waals surface area contributed by atoms with Gasteiger partial charge >= 0.3 is 5.97 Å². The molecule has 0 radical (unpaired) electrons. The zero-order valence-electron chi connectivity index (χ0n) is 42.2. The summed E-state index contributed by atoms with van der Waals surface area (Å²) >= 11 is 0. The van der Waals surface area contributed by atoms with E-state index in [2.05, 4.69) is 21.3 Å². The predicted octanol–water partition coefficient (Wildman–Crippen LogP) is 5.36. The van der Waals surface area contributed by atoms with Crippen LogP contribution in [0.15, 0.2) is 109 Å². The van der Waals surface area contributed by atoms with E-state index < -0.39 is 107 Å². The quantitative estimate of drug-likeness (QED) is 0.0434. The van der Waals surface area contributed by atoms with Gasteiger partial charge in [-0.25, -0.2) is 0 Å². The number of carbonyl (C=O) groups is 8. The third kappa shape index (κ3) is 18.5. The molecule has 16 nitrogen and oxygen atoms in total. The van der Waals surface area contributed by atoms with Crippen LogP contribution in [0.25, 0.3) is 11.1 Å². The van der Waals surface area contributed by atoms with E-state index in [1.807, 2.05) is 72.8 Å². The highest BCUT2D eigenvalue weighted by molar-refractivity contribution is 8.76. The summed E-state index contributed by atoms with van der Waals surface area (Å²) in [7, 11) is 2.27. The molecule has 4 aromatic rings. The molecule has 5 rings (SSSR count). The number of nitrogens with one attached hydrogen (secondary N) is 4. The van der Waals surface area contributed by atoms with Gasteiger partial charge < -0.3 is 42.9 Å². The van der Waals surface area contributed by atoms with Crippen molar-refractivity contribution in [3.05, 3.63) is 126 Å². The second kappa shape index (κ2) is 29.5. The van der Waals surface area contributed by atoms with Gasteiger partial charge in [-0.1, -0.05) is 132 Å². The first kappa shape index (κ1) is 58.5. The molecule has 18 heteroatoms. The largest absolute Gasteiger partial charge is 0.508 e. The van der Waals surface area contributed by atoms with E-state index in [-0.39, 0.29) is 55.8 Å². The van der Waals surface area contributed by atoms with Crippen molar-refractivity contribution in [3.63, 3.8) is 0 Å². The van der Waals surface area contributed by atoms with E-state index in [0.717, 1.165) is 43.8 Å². The van der Waals surface area contributed by atoms with Gasteiger partial charge in [0.05, 0.1) is 30.0 Å². The fraction of sp³-hybridized carbons (Fsp3) is 0.429. The molecular weight excluding hydrogens is 981 g/mol. The number of hydrogen-bond acceptors (Lipinski definition) is 13. The molecule has 74 heavy (non-hydrogen) atoms. The highest BCUT2D eigenvalue weighted by Gasteiger charge is 2.36. The van der Waals surface area contributed by atoms with Gasteiger partial charge in [0.25, 0.3) is 0 Å². The third-order valence-electron chi connectivity index (χ3n) is 13.1. The fourth-order valence-corrected chi connectivity index (χ4v) is 11.0. The molecule has 0 aliphatic carbocycles. The maximum atomic E-state index is 14.9. The van der Waals surface area contributed by atoms with Crippen LogP contribution in [0.4, 0.5) is 0 Å². The van der Waals surface area contributed by atoms with Crippen molar-refractivity contribution in [2.24, 2.45) is 35.1 Å². The van der Waals surface area contributed by atoms with Crippen LogP contribution in [-0.4, -0.2) is 105 Å². The monoisotopic (exact) mass is 1050 g/mol. The number of phenolic OH excluding ortho intramolecular Hbond substituents is 1. The summed E-state index contributed by atoms with van der Waals surface area (Å²) in [6.45, 7) is 5.15. The highest BCUT2D eigenvalue weighted by atomic mass is 33.1. The molecule has 0 unspecified atom stereocenters. The van der Waals surface area contributed by atoms with Crippen LogP contribution >= 0.6 is 21.6 Å². The Morgan fingerprint density at radius 3 is 1.77 bits per heavy atom. The summed E-state index contributed by atoms with van der Waals surface area (Å²) in [5.41, 5.74) is 15.8. The lowest BCUT2D eigenvalue weighted by atomic mass is 9.88. The third-order valence-corrected chi connectivity index (χ3v) is 15.6. The maximum absolute atomic E-state index is 14.9. The van der Waals surface area contributed by atoms with E-state index >= 15 is 0 Å². The summed E-state index contributed by atoms with van der Waals surface area (Å²) in [6, 6.07) is 26.4.